The molecule has 3 amide bonds. The molecule has 0 aliphatic rings. The van der Waals surface area contributed by atoms with Crippen molar-refractivity contribution in [2.24, 2.45) is 0 Å². The molecule has 3 atom stereocenters. The number of nitrogens with one attached hydrogen (secondary N) is 2. The average Bonchev–Trinajstić information content (AvgIpc) is 2.62. The highest BCUT2D eigenvalue weighted by atomic mass is 16.6. The molecule has 0 aromatic heterocycles. The van der Waals surface area contributed by atoms with Crippen LogP contribution < -0.4 is 10.6 Å². The van der Waals surface area contributed by atoms with Crippen LogP contribution in [0, 0.1) is 0 Å². The van der Waals surface area contributed by atoms with Gasteiger partial charge in [-0.2, -0.15) is 0 Å². The molecule has 31 heavy (non-hydrogen) atoms. The van der Waals surface area contributed by atoms with Gasteiger partial charge in [0.1, 0.15) is 23.4 Å². The number of carbonyl (C=O) groups is 3. The Labute approximate surface area is 185 Å². The molecule has 174 valence electrons. The van der Waals surface area contributed by atoms with Crippen LogP contribution in [0.2, 0.25) is 0 Å². The second-order valence-electron chi connectivity index (χ2n) is 9.03. The van der Waals surface area contributed by atoms with Crippen LogP contribution in [-0.2, 0) is 14.3 Å². The van der Waals surface area contributed by atoms with E-state index in [1.165, 1.54) is 17.0 Å². The number of amides is 3. The molecule has 0 aliphatic heterocycles. The van der Waals surface area contributed by atoms with E-state index < -0.39 is 29.7 Å². The third kappa shape index (κ3) is 8.11. The number of hydrogen-bond donors (Lipinski definition) is 3. The van der Waals surface area contributed by atoms with Gasteiger partial charge in [-0.05, 0) is 72.6 Å². The SMILES string of the molecule is CCC(C)N(C(=O)C(C)NC(=O)OC(C)(C)C)C(C(=O)NC(C)C)c1cccc(O)c1. The number of phenols is 1. The summed E-state index contributed by atoms with van der Waals surface area (Å²) in [6, 6.07) is 3.96. The molecule has 8 heteroatoms. The third-order valence-electron chi connectivity index (χ3n) is 4.57. The Morgan fingerprint density at radius 3 is 2.19 bits per heavy atom. The summed E-state index contributed by atoms with van der Waals surface area (Å²) in [6.07, 6.45) is -0.118. The Bertz CT molecular complexity index is 773. The Morgan fingerprint density at radius 1 is 1.10 bits per heavy atom. The summed E-state index contributed by atoms with van der Waals surface area (Å²) in [5, 5.41) is 15.4. The van der Waals surface area contributed by atoms with Gasteiger partial charge in [0, 0.05) is 12.1 Å². The van der Waals surface area contributed by atoms with Gasteiger partial charge in [0.2, 0.25) is 11.8 Å². The summed E-state index contributed by atoms with van der Waals surface area (Å²) in [5.74, 6) is -0.789. The van der Waals surface area contributed by atoms with Gasteiger partial charge in [0.25, 0.3) is 0 Å². The van der Waals surface area contributed by atoms with E-state index in [-0.39, 0.29) is 23.7 Å². The number of aromatic hydroxyl groups is 1. The Morgan fingerprint density at radius 2 is 1.71 bits per heavy atom. The summed E-state index contributed by atoms with van der Waals surface area (Å²) in [4.78, 5) is 40.3. The topological polar surface area (TPSA) is 108 Å². The third-order valence-corrected chi connectivity index (χ3v) is 4.57. The Hall–Kier alpha value is -2.77. The van der Waals surface area contributed by atoms with E-state index in [4.69, 9.17) is 4.74 Å². The minimum absolute atomic E-state index is 0.00340. The fraction of sp³-hybridized carbons (Fsp3) is 0.609. The predicted molar refractivity (Wildman–Crippen MR) is 120 cm³/mol. The summed E-state index contributed by atoms with van der Waals surface area (Å²) in [6.45, 7) is 14.2. The summed E-state index contributed by atoms with van der Waals surface area (Å²) < 4.78 is 5.25. The van der Waals surface area contributed by atoms with E-state index in [1.807, 2.05) is 27.7 Å². The number of ether oxygens (including phenoxy) is 1. The van der Waals surface area contributed by atoms with Gasteiger partial charge in [-0.1, -0.05) is 19.1 Å². The molecule has 0 radical (unpaired) electrons. The van der Waals surface area contributed by atoms with E-state index in [1.54, 1.807) is 39.8 Å². The lowest BCUT2D eigenvalue weighted by molar-refractivity contribution is -0.145. The van der Waals surface area contributed by atoms with Crippen molar-refractivity contribution >= 4 is 17.9 Å². The standard InChI is InChI=1S/C23H37N3O5/c1-9-15(4)26(21(29)16(5)25-22(30)31-23(6,7)8)19(20(28)24-14(2)3)17-11-10-12-18(27)13-17/h10-16,19,27H,9H2,1-8H3,(H,24,28)(H,25,30). The molecular formula is C23H37N3O5. The van der Waals surface area contributed by atoms with Crippen molar-refractivity contribution in [3.8, 4) is 5.75 Å². The number of carbonyl (C=O) groups excluding carboxylic acids is 3. The van der Waals surface area contributed by atoms with Crippen molar-refractivity contribution in [1.29, 1.82) is 0 Å². The first-order valence-electron chi connectivity index (χ1n) is 10.7. The maximum Gasteiger partial charge on any atom is 0.408 e. The Kier molecular flexibility index (Phi) is 9.34. The van der Waals surface area contributed by atoms with Gasteiger partial charge in [0.15, 0.2) is 0 Å². The van der Waals surface area contributed by atoms with Crippen LogP contribution in [0.3, 0.4) is 0 Å². The van der Waals surface area contributed by atoms with E-state index >= 15 is 0 Å². The highest BCUT2D eigenvalue weighted by Gasteiger charge is 2.37. The molecule has 1 rings (SSSR count). The lowest BCUT2D eigenvalue weighted by atomic mass is 9.99. The van der Waals surface area contributed by atoms with E-state index in [2.05, 4.69) is 10.6 Å². The van der Waals surface area contributed by atoms with E-state index in [0.717, 1.165) is 0 Å². The fourth-order valence-corrected chi connectivity index (χ4v) is 3.06. The molecule has 0 spiro atoms. The van der Waals surface area contributed by atoms with Crippen molar-refractivity contribution < 1.29 is 24.2 Å². The first kappa shape index (κ1) is 26.3. The molecule has 0 saturated carbocycles. The van der Waals surface area contributed by atoms with Crippen LogP contribution in [0.15, 0.2) is 24.3 Å². The second-order valence-corrected chi connectivity index (χ2v) is 9.03. The van der Waals surface area contributed by atoms with Crippen LogP contribution in [0.5, 0.6) is 5.75 Å². The van der Waals surface area contributed by atoms with Crippen molar-refractivity contribution in [2.75, 3.05) is 0 Å². The van der Waals surface area contributed by atoms with Gasteiger partial charge < -0.3 is 25.4 Å². The molecule has 1 aromatic rings. The first-order valence-corrected chi connectivity index (χ1v) is 10.7. The molecule has 0 bridgehead atoms. The first-order chi connectivity index (χ1) is 14.3. The van der Waals surface area contributed by atoms with Gasteiger partial charge in [-0.3, -0.25) is 9.59 Å². The second kappa shape index (κ2) is 11.0. The van der Waals surface area contributed by atoms with Crippen LogP contribution in [0.1, 0.15) is 73.4 Å². The van der Waals surface area contributed by atoms with Crippen LogP contribution >= 0.6 is 0 Å². The molecule has 3 unspecified atom stereocenters. The van der Waals surface area contributed by atoms with Crippen molar-refractivity contribution in [3.05, 3.63) is 29.8 Å². The monoisotopic (exact) mass is 435 g/mol. The number of phenolic OH excluding ortho intramolecular Hbond substituents is 1. The van der Waals surface area contributed by atoms with Crippen molar-refractivity contribution in [1.82, 2.24) is 15.5 Å². The zero-order valence-corrected chi connectivity index (χ0v) is 19.9. The van der Waals surface area contributed by atoms with Gasteiger partial charge in [0.05, 0.1) is 0 Å². The van der Waals surface area contributed by atoms with Crippen molar-refractivity contribution in [3.63, 3.8) is 0 Å². The smallest absolute Gasteiger partial charge is 0.408 e. The van der Waals surface area contributed by atoms with Gasteiger partial charge >= 0.3 is 6.09 Å². The molecule has 0 fully saturated rings. The van der Waals surface area contributed by atoms with Crippen LogP contribution in [0.25, 0.3) is 0 Å². The quantitative estimate of drug-likeness (QED) is 0.579. The summed E-state index contributed by atoms with van der Waals surface area (Å²) in [5.41, 5.74) is -0.221. The highest BCUT2D eigenvalue weighted by molar-refractivity contribution is 5.92. The number of alkyl carbamates (subject to hydrolysis) is 1. The van der Waals surface area contributed by atoms with Gasteiger partial charge in [-0.25, -0.2) is 4.79 Å². The molecule has 0 heterocycles. The zero-order valence-electron chi connectivity index (χ0n) is 19.9. The molecule has 0 aliphatic carbocycles. The lowest BCUT2D eigenvalue weighted by Crippen LogP contribution is -2.55. The van der Waals surface area contributed by atoms with Crippen LogP contribution in [-0.4, -0.2) is 51.6 Å². The number of rotatable bonds is 8. The number of hydrogen-bond acceptors (Lipinski definition) is 5. The zero-order chi connectivity index (χ0) is 23.9. The molecular weight excluding hydrogens is 398 g/mol. The lowest BCUT2D eigenvalue weighted by Gasteiger charge is -2.38. The maximum atomic E-state index is 13.4. The molecule has 3 N–H and O–H groups in total. The maximum absolute atomic E-state index is 13.4. The predicted octanol–water partition coefficient (Wildman–Crippen LogP) is 3.50. The molecule has 0 saturated heterocycles. The largest absolute Gasteiger partial charge is 0.508 e. The van der Waals surface area contributed by atoms with E-state index in [0.29, 0.717) is 12.0 Å². The normalized spacial score (nSPS) is 14.4. The summed E-state index contributed by atoms with van der Waals surface area (Å²) in [7, 11) is 0. The molecule has 1 aromatic carbocycles. The Balaban J connectivity index is 3.33. The van der Waals surface area contributed by atoms with Crippen molar-refractivity contribution in [2.45, 2.75) is 91.6 Å². The highest BCUT2D eigenvalue weighted by Crippen LogP contribution is 2.28. The fourth-order valence-electron chi connectivity index (χ4n) is 3.06. The van der Waals surface area contributed by atoms with Crippen LogP contribution in [0.4, 0.5) is 4.79 Å². The molecule has 8 nitrogen and oxygen atoms in total. The van der Waals surface area contributed by atoms with E-state index in [9.17, 15) is 19.5 Å². The minimum Gasteiger partial charge on any atom is -0.508 e. The minimum atomic E-state index is -0.972. The van der Waals surface area contributed by atoms with Gasteiger partial charge in [-0.15, -0.1) is 0 Å². The number of nitrogens with zero attached hydrogens (tertiary/aromatic N) is 1. The summed E-state index contributed by atoms with van der Waals surface area (Å²) >= 11 is 0. The average molecular weight is 436 g/mol. The number of benzene rings is 1.